The van der Waals surface area contributed by atoms with E-state index in [9.17, 15) is 0 Å². The molecule has 12 heavy (non-hydrogen) atoms. The molecule has 0 spiro atoms. The van der Waals surface area contributed by atoms with Crippen LogP contribution in [0.2, 0.25) is 0 Å². The van der Waals surface area contributed by atoms with E-state index in [-0.39, 0.29) is 0 Å². The van der Waals surface area contributed by atoms with E-state index in [4.69, 9.17) is 26.5 Å². The molecule has 0 unspecified atom stereocenters. The van der Waals surface area contributed by atoms with Crippen LogP contribution in [-0.4, -0.2) is 41.0 Å². The molecule has 0 saturated carbocycles. The average Bonchev–Trinajstić information content (AvgIpc) is 1.97. The van der Waals surface area contributed by atoms with Crippen LogP contribution in [0.1, 0.15) is 0 Å². The van der Waals surface area contributed by atoms with Gasteiger partial charge in [0.1, 0.15) is 0 Å². The second-order valence-electron chi connectivity index (χ2n) is 1.50. The van der Waals surface area contributed by atoms with Crippen LogP contribution in [0.15, 0.2) is 0 Å². The Morgan fingerprint density at radius 1 is 1.08 bits per heavy atom. The van der Waals surface area contributed by atoms with Crippen LogP contribution in [0.25, 0.3) is 0 Å². The maximum atomic E-state index is 8.56. The molecule has 0 atom stereocenters. The maximum absolute atomic E-state index is 8.56. The van der Waals surface area contributed by atoms with Crippen molar-refractivity contribution in [2.45, 2.75) is 0 Å². The molecule has 0 aliphatic carbocycles. The van der Waals surface area contributed by atoms with Crippen molar-refractivity contribution in [2.24, 2.45) is 11.5 Å². The minimum absolute atomic E-state index is 0.766. The number of nitrogens with two attached hydrogens (primary N) is 2. The summed E-state index contributed by atoms with van der Waals surface area (Å²) >= 11 is 0. The van der Waals surface area contributed by atoms with Gasteiger partial charge in [0.25, 0.3) is 0 Å². The zero-order chi connectivity index (χ0) is 9.82. The van der Waals surface area contributed by atoms with Gasteiger partial charge in [0.15, 0.2) is 0 Å². The van der Waals surface area contributed by atoms with Crippen molar-refractivity contribution in [1.29, 1.82) is 0 Å². The van der Waals surface area contributed by atoms with Crippen molar-refractivity contribution in [3.05, 3.63) is 0 Å². The predicted molar refractivity (Wildman–Crippen MR) is 53.7 cm³/mol. The lowest BCUT2D eigenvalue weighted by Crippen LogP contribution is -2.02. The van der Waals surface area contributed by atoms with Crippen molar-refractivity contribution in [3.63, 3.8) is 0 Å². The van der Waals surface area contributed by atoms with E-state index in [1.807, 2.05) is 0 Å². The van der Waals surface area contributed by atoms with Gasteiger partial charge in [-0.3, -0.25) is 0 Å². The first-order valence-corrected chi connectivity index (χ1v) is 5.70. The highest BCUT2D eigenvalue weighted by atomic mass is 33.1. The van der Waals surface area contributed by atoms with Gasteiger partial charge in [-0.05, 0) is 0 Å². The summed E-state index contributed by atoms with van der Waals surface area (Å²) in [5.41, 5.74) is 10.5. The van der Waals surface area contributed by atoms with Crippen molar-refractivity contribution in [3.8, 4) is 0 Å². The third kappa shape index (κ3) is 32.7. The molecule has 0 saturated heterocycles. The van der Waals surface area contributed by atoms with Crippen molar-refractivity contribution in [2.75, 3.05) is 24.6 Å². The fraction of sp³-hybridized carbons (Fsp3) is 0.800. The van der Waals surface area contributed by atoms with E-state index in [0.717, 1.165) is 24.6 Å². The van der Waals surface area contributed by atoms with Crippen LogP contribution in [0.5, 0.6) is 0 Å². The van der Waals surface area contributed by atoms with E-state index >= 15 is 0 Å². The fourth-order valence-electron chi connectivity index (χ4n) is 0.214. The molecule has 0 aromatic rings. The Labute approximate surface area is 79.3 Å². The number of carboxylic acid groups (broad SMARTS) is 2. The summed E-state index contributed by atoms with van der Waals surface area (Å²) in [7, 11) is 3.58. The minimum atomic E-state index is -1.83. The van der Waals surface area contributed by atoms with Crippen molar-refractivity contribution in [1.82, 2.24) is 0 Å². The molecule has 0 radical (unpaired) electrons. The molecule has 0 bridgehead atoms. The molecule has 7 heteroatoms. The fourth-order valence-corrected chi connectivity index (χ4v) is 1.93. The Kier molecular flexibility index (Phi) is 16.2. The molecule has 0 amide bonds. The zero-order valence-electron chi connectivity index (χ0n) is 6.60. The molecule has 74 valence electrons. The van der Waals surface area contributed by atoms with E-state index < -0.39 is 6.16 Å². The summed E-state index contributed by atoms with van der Waals surface area (Å²) < 4.78 is 0. The Balaban J connectivity index is 0. The second-order valence-corrected chi connectivity index (χ2v) is 4.21. The molecular weight excluding hydrogens is 200 g/mol. The van der Waals surface area contributed by atoms with Gasteiger partial charge in [-0.2, -0.15) is 0 Å². The first-order valence-electron chi connectivity index (χ1n) is 3.21. The summed E-state index contributed by atoms with van der Waals surface area (Å²) in [6.07, 6.45) is -1.83. The summed E-state index contributed by atoms with van der Waals surface area (Å²) in [5, 5.41) is 13.9. The first kappa shape index (κ1) is 14.4. The number of hydrogen-bond donors (Lipinski definition) is 4. The zero-order valence-corrected chi connectivity index (χ0v) is 8.24. The van der Waals surface area contributed by atoms with Gasteiger partial charge in [0.05, 0.1) is 0 Å². The highest BCUT2D eigenvalue weighted by Gasteiger charge is 1.84. The van der Waals surface area contributed by atoms with Crippen LogP contribution in [0.3, 0.4) is 0 Å². The molecule has 0 aliphatic heterocycles. The van der Waals surface area contributed by atoms with Gasteiger partial charge in [0.2, 0.25) is 0 Å². The Hall–Kier alpha value is -0.110. The lowest BCUT2D eigenvalue weighted by molar-refractivity contribution is 0.137. The SMILES string of the molecule is NCCSSCCN.O=C(O)O. The van der Waals surface area contributed by atoms with Crippen molar-refractivity contribution >= 4 is 27.7 Å². The minimum Gasteiger partial charge on any atom is -0.450 e. The van der Waals surface area contributed by atoms with E-state index in [0.29, 0.717) is 0 Å². The molecule has 0 heterocycles. The summed E-state index contributed by atoms with van der Waals surface area (Å²) in [6.45, 7) is 1.53. The normalized spacial score (nSPS) is 8.50. The standard InChI is InChI=1S/C4H12N2S2.CH2O3/c5-1-3-7-8-4-2-6;2-1(3)4/h1-6H2;(H2,2,3,4). The highest BCUT2D eigenvalue weighted by molar-refractivity contribution is 8.76. The molecule has 5 nitrogen and oxygen atoms in total. The van der Waals surface area contributed by atoms with Gasteiger partial charge in [-0.15, -0.1) is 0 Å². The van der Waals surface area contributed by atoms with Gasteiger partial charge < -0.3 is 21.7 Å². The highest BCUT2D eigenvalue weighted by Crippen LogP contribution is 2.18. The Morgan fingerprint density at radius 3 is 1.50 bits per heavy atom. The van der Waals surface area contributed by atoms with Gasteiger partial charge in [-0.25, -0.2) is 4.79 Å². The monoisotopic (exact) mass is 214 g/mol. The Morgan fingerprint density at radius 2 is 1.33 bits per heavy atom. The average molecular weight is 214 g/mol. The van der Waals surface area contributed by atoms with E-state index in [1.165, 1.54) is 0 Å². The molecular formula is C5H14N2O3S2. The first-order chi connectivity index (χ1) is 5.65. The van der Waals surface area contributed by atoms with Crippen molar-refractivity contribution < 1.29 is 15.0 Å². The van der Waals surface area contributed by atoms with Crippen LogP contribution < -0.4 is 11.5 Å². The molecule has 0 aromatic heterocycles. The van der Waals surface area contributed by atoms with Crippen LogP contribution >= 0.6 is 21.6 Å². The maximum Gasteiger partial charge on any atom is 0.503 e. The molecule has 6 N–H and O–H groups in total. The van der Waals surface area contributed by atoms with Crippen LogP contribution in [0.4, 0.5) is 4.79 Å². The molecule has 0 aliphatic rings. The van der Waals surface area contributed by atoms with E-state index in [1.54, 1.807) is 21.6 Å². The lowest BCUT2D eigenvalue weighted by atomic mass is 10.8. The van der Waals surface area contributed by atoms with Gasteiger partial charge in [-0.1, -0.05) is 21.6 Å². The summed E-state index contributed by atoms with van der Waals surface area (Å²) in [4.78, 5) is 8.56. The van der Waals surface area contributed by atoms with Crippen LogP contribution in [-0.2, 0) is 0 Å². The largest absolute Gasteiger partial charge is 0.503 e. The third-order valence-corrected chi connectivity index (χ3v) is 2.96. The number of hydrogen-bond acceptors (Lipinski definition) is 5. The van der Waals surface area contributed by atoms with Crippen LogP contribution in [0, 0.1) is 0 Å². The number of carbonyl (C=O) groups is 1. The predicted octanol–water partition coefficient (Wildman–Crippen LogP) is 0.508. The summed E-state index contributed by atoms with van der Waals surface area (Å²) in [5.74, 6) is 2.06. The lowest BCUT2D eigenvalue weighted by Gasteiger charge is -1.93. The molecule has 0 aromatic carbocycles. The molecule has 0 rings (SSSR count). The quantitative estimate of drug-likeness (QED) is 0.390. The third-order valence-electron chi connectivity index (χ3n) is 0.486. The van der Waals surface area contributed by atoms with Gasteiger partial charge >= 0.3 is 6.16 Å². The summed E-state index contributed by atoms with van der Waals surface area (Å²) in [6, 6.07) is 0. The van der Waals surface area contributed by atoms with E-state index in [2.05, 4.69) is 0 Å². The topological polar surface area (TPSA) is 110 Å². The Bertz CT molecular complexity index is 94.7. The number of rotatable bonds is 5. The molecule has 0 fully saturated rings. The second kappa shape index (κ2) is 13.5. The van der Waals surface area contributed by atoms with Gasteiger partial charge in [0, 0.05) is 24.6 Å². The smallest absolute Gasteiger partial charge is 0.450 e.